The molecule has 0 amide bonds. The van der Waals surface area contributed by atoms with Crippen molar-refractivity contribution in [3.05, 3.63) is 170 Å². The van der Waals surface area contributed by atoms with Crippen molar-refractivity contribution in [2.24, 2.45) is 0 Å². The smallest absolute Gasteiger partial charge is 0.0623 e. The summed E-state index contributed by atoms with van der Waals surface area (Å²) < 4.78 is 0. The van der Waals surface area contributed by atoms with E-state index < -0.39 is 8.07 Å². The maximum Gasteiger partial charge on any atom is 0.179 e. The van der Waals surface area contributed by atoms with Gasteiger partial charge in [-0.1, -0.05) is 170 Å². The fourth-order valence-corrected chi connectivity index (χ4v) is 10.3. The van der Waals surface area contributed by atoms with Gasteiger partial charge >= 0.3 is 0 Å². The predicted octanol–water partition coefficient (Wildman–Crippen LogP) is 6.40. The lowest BCUT2D eigenvalue weighted by atomic mass is 9.95. The summed E-state index contributed by atoms with van der Waals surface area (Å²) >= 11 is 0. The zero-order valence-electron chi connectivity index (χ0n) is 20.7. The second kappa shape index (κ2) is 10.3. The van der Waals surface area contributed by atoms with E-state index in [0.717, 1.165) is 0 Å². The van der Waals surface area contributed by atoms with E-state index in [4.69, 9.17) is 0 Å². The second-order valence-corrected chi connectivity index (χ2v) is 13.1. The summed E-state index contributed by atoms with van der Waals surface area (Å²) in [5.74, 6) is 0. The summed E-state index contributed by atoms with van der Waals surface area (Å²) in [6.07, 6.45) is 0. The molecule has 0 heterocycles. The topological polar surface area (TPSA) is 0 Å². The third-order valence-corrected chi connectivity index (χ3v) is 12.0. The Bertz CT molecular complexity index is 1480. The molecular weight excluding hydrogens is 460 g/mol. The minimum Gasteiger partial charge on any atom is -0.0623 e. The van der Waals surface area contributed by atoms with Gasteiger partial charge in [0, 0.05) is 0 Å². The van der Waals surface area contributed by atoms with Crippen molar-refractivity contribution in [2.75, 3.05) is 0 Å². The lowest BCUT2D eigenvalue weighted by Crippen LogP contribution is -2.74. The Kier molecular flexibility index (Phi) is 6.37. The van der Waals surface area contributed by atoms with E-state index in [1.165, 1.54) is 43.0 Å². The van der Waals surface area contributed by atoms with Gasteiger partial charge in [-0.3, -0.25) is 0 Å². The normalized spacial score (nSPS) is 11.2. The molecule has 0 radical (unpaired) electrons. The third-order valence-electron chi connectivity index (χ3n) is 7.24. The fourth-order valence-electron chi connectivity index (χ4n) is 5.57. The minimum absolute atomic E-state index is 1.24. The lowest BCUT2D eigenvalue weighted by molar-refractivity contribution is 1.59. The zero-order valence-corrected chi connectivity index (χ0v) is 21.7. The van der Waals surface area contributed by atoms with Crippen LogP contribution in [0.3, 0.4) is 0 Å². The predicted molar refractivity (Wildman–Crippen MR) is 161 cm³/mol. The van der Waals surface area contributed by atoms with E-state index in [2.05, 4.69) is 170 Å². The van der Waals surface area contributed by atoms with Gasteiger partial charge in [0.2, 0.25) is 0 Å². The second-order valence-electron chi connectivity index (χ2n) is 9.34. The van der Waals surface area contributed by atoms with E-state index in [1.54, 1.807) is 0 Å². The molecule has 6 aromatic carbocycles. The third kappa shape index (κ3) is 4.24. The molecule has 0 aliphatic heterocycles. The highest BCUT2D eigenvalue weighted by molar-refractivity contribution is 7.19. The molecule has 0 saturated carbocycles. The van der Waals surface area contributed by atoms with Crippen LogP contribution in [-0.2, 0) is 0 Å². The molecule has 0 aromatic heterocycles. The number of benzene rings is 6. The van der Waals surface area contributed by atoms with Gasteiger partial charge in [0.1, 0.15) is 0 Å². The first-order valence-electron chi connectivity index (χ1n) is 12.8. The molecule has 37 heavy (non-hydrogen) atoms. The van der Waals surface area contributed by atoms with Crippen molar-refractivity contribution in [3.8, 4) is 22.3 Å². The Balaban J connectivity index is 1.71. The fraction of sp³-hybridized carbons (Fsp3) is 0. The van der Waals surface area contributed by atoms with Gasteiger partial charge < -0.3 is 0 Å². The molecule has 0 saturated heterocycles. The highest BCUT2D eigenvalue weighted by Gasteiger charge is 2.41. The van der Waals surface area contributed by atoms with Crippen LogP contribution in [0, 0.1) is 0 Å². The molecule has 0 atom stereocenters. The first-order valence-corrected chi connectivity index (χ1v) is 14.8. The van der Waals surface area contributed by atoms with Gasteiger partial charge in [-0.05, 0) is 43.0 Å². The molecule has 0 N–H and O–H groups in total. The molecule has 0 nitrogen and oxygen atoms in total. The van der Waals surface area contributed by atoms with E-state index >= 15 is 0 Å². The van der Waals surface area contributed by atoms with Crippen molar-refractivity contribution in [1.29, 1.82) is 0 Å². The van der Waals surface area contributed by atoms with E-state index in [0.29, 0.717) is 0 Å². The van der Waals surface area contributed by atoms with Crippen LogP contribution in [0.5, 0.6) is 0 Å². The van der Waals surface area contributed by atoms with E-state index in [1.807, 2.05) is 0 Å². The van der Waals surface area contributed by atoms with Crippen LogP contribution in [0.2, 0.25) is 0 Å². The van der Waals surface area contributed by atoms with Gasteiger partial charge in [-0.25, -0.2) is 0 Å². The monoisotopic (exact) mass is 488 g/mol. The molecule has 0 spiro atoms. The quantitative estimate of drug-likeness (QED) is 0.188. The van der Waals surface area contributed by atoms with Crippen molar-refractivity contribution in [3.63, 3.8) is 0 Å². The molecule has 1 heteroatoms. The molecule has 6 aromatic rings. The number of hydrogen-bond donors (Lipinski definition) is 0. The maximum absolute atomic E-state index is 2.59. The molecule has 176 valence electrons. The van der Waals surface area contributed by atoms with Crippen molar-refractivity contribution < 1.29 is 0 Å². The highest BCUT2D eigenvalue weighted by Crippen LogP contribution is 2.32. The largest absolute Gasteiger partial charge is 0.179 e. The summed E-state index contributed by atoms with van der Waals surface area (Å²) in [5.41, 5.74) is 5.00. The van der Waals surface area contributed by atoms with Gasteiger partial charge in [0.25, 0.3) is 0 Å². The average Bonchev–Trinajstić information content (AvgIpc) is 3.00. The van der Waals surface area contributed by atoms with Crippen LogP contribution in [0.4, 0.5) is 0 Å². The molecule has 0 aliphatic carbocycles. The van der Waals surface area contributed by atoms with Gasteiger partial charge in [-0.15, -0.1) is 0 Å². The van der Waals surface area contributed by atoms with Crippen LogP contribution in [0.25, 0.3) is 22.3 Å². The van der Waals surface area contributed by atoms with Crippen LogP contribution in [0.15, 0.2) is 170 Å². The molecular formula is C36H28Si. The molecule has 6 rings (SSSR count). The summed E-state index contributed by atoms with van der Waals surface area (Å²) in [5, 5.41) is 5.55. The Hall–Kier alpha value is -4.46. The van der Waals surface area contributed by atoms with Crippen LogP contribution < -0.4 is 20.7 Å². The number of rotatable bonds is 6. The van der Waals surface area contributed by atoms with Gasteiger partial charge in [0.15, 0.2) is 8.07 Å². The maximum atomic E-state index is 2.47. The van der Waals surface area contributed by atoms with Gasteiger partial charge in [-0.2, -0.15) is 0 Å². The van der Waals surface area contributed by atoms with Crippen molar-refractivity contribution in [2.45, 2.75) is 0 Å². The Morgan fingerprint density at radius 3 is 1.03 bits per heavy atom. The molecule has 0 bridgehead atoms. The minimum atomic E-state index is -2.59. The summed E-state index contributed by atoms with van der Waals surface area (Å²) in [4.78, 5) is 0. The van der Waals surface area contributed by atoms with Crippen LogP contribution in [0.1, 0.15) is 0 Å². The Morgan fingerprint density at radius 1 is 0.270 bits per heavy atom. The lowest BCUT2D eigenvalue weighted by Gasteiger charge is -2.35. The number of hydrogen-bond acceptors (Lipinski definition) is 0. The first-order chi connectivity index (χ1) is 18.4. The van der Waals surface area contributed by atoms with E-state index in [9.17, 15) is 0 Å². The van der Waals surface area contributed by atoms with E-state index in [-0.39, 0.29) is 0 Å². The zero-order chi connectivity index (χ0) is 24.9. The van der Waals surface area contributed by atoms with Crippen LogP contribution in [-0.4, -0.2) is 8.07 Å². The molecule has 0 aliphatic rings. The summed E-state index contributed by atoms with van der Waals surface area (Å²) in [6, 6.07) is 62.1. The summed E-state index contributed by atoms with van der Waals surface area (Å²) in [6.45, 7) is 0. The first kappa shape index (κ1) is 23.0. The van der Waals surface area contributed by atoms with Crippen molar-refractivity contribution in [1.82, 2.24) is 0 Å². The molecule has 0 fully saturated rings. The SMILES string of the molecule is c1ccc(-c2ccc([Si](c3ccccc3)(c3ccccc3)c3ccccc3)cc2-c2ccccc2)cc1. The average molecular weight is 489 g/mol. The highest BCUT2D eigenvalue weighted by atomic mass is 28.3. The Morgan fingerprint density at radius 2 is 0.622 bits per heavy atom. The molecule has 0 unspecified atom stereocenters. The summed E-state index contributed by atoms with van der Waals surface area (Å²) in [7, 11) is -2.59. The standard InChI is InChI=1S/C36H28Si/c1-6-16-29(17-7-1)35-27-26-34(28-36(35)30-18-8-2-9-19-30)37(31-20-10-3-11-21-31,32-22-12-4-13-23-32)33-24-14-5-15-25-33/h1-28H. The Labute approximate surface area is 220 Å². The van der Waals surface area contributed by atoms with Crippen molar-refractivity contribution >= 4 is 28.8 Å². The van der Waals surface area contributed by atoms with Crippen LogP contribution >= 0.6 is 0 Å². The van der Waals surface area contributed by atoms with Gasteiger partial charge in [0.05, 0.1) is 0 Å².